The van der Waals surface area contributed by atoms with E-state index in [1.807, 2.05) is 12.1 Å². The first-order valence-electron chi connectivity index (χ1n) is 10.8. The molecule has 2 N–H and O–H groups in total. The van der Waals surface area contributed by atoms with Gasteiger partial charge in [-0.1, -0.05) is 30.6 Å². The largest absolute Gasteiger partial charge is 0.361 e. The highest BCUT2D eigenvalue weighted by Gasteiger charge is 2.23. The molecule has 2 aromatic heterocycles. The van der Waals surface area contributed by atoms with E-state index in [1.54, 1.807) is 13.0 Å². The molecule has 0 fully saturated rings. The minimum absolute atomic E-state index is 0.0331. The average molecular weight is 454 g/mol. The number of thiazole rings is 1. The van der Waals surface area contributed by atoms with Crippen molar-refractivity contribution in [1.29, 1.82) is 0 Å². The number of anilines is 2. The summed E-state index contributed by atoms with van der Waals surface area (Å²) in [6, 6.07) is 9.66. The fourth-order valence-corrected chi connectivity index (χ4v) is 4.66. The second kappa shape index (κ2) is 10.1. The minimum Gasteiger partial charge on any atom is -0.361 e. The lowest BCUT2D eigenvalue weighted by Crippen LogP contribution is -2.36. The van der Waals surface area contributed by atoms with E-state index in [0.29, 0.717) is 24.0 Å². The number of carbonyl (C=O) groups is 2. The smallest absolute Gasteiger partial charge is 0.279 e. The first-order valence-corrected chi connectivity index (χ1v) is 11.7. The predicted molar refractivity (Wildman–Crippen MR) is 124 cm³/mol. The van der Waals surface area contributed by atoms with Gasteiger partial charge in [0.2, 0.25) is 5.91 Å². The second-order valence-electron chi connectivity index (χ2n) is 7.98. The Labute approximate surface area is 191 Å². The van der Waals surface area contributed by atoms with Crippen molar-refractivity contribution >= 4 is 34.0 Å². The van der Waals surface area contributed by atoms with Crippen LogP contribution in [0.15, 0.2) is 34.9 Å². The molecule has 0 spiro atoms. The Hall–Kier alpha value is -3.04. The van der Waals surface area contributed by atoms with Crippen molar-refractivity contribution in [1.82, 2.24) is 15.0 Å². The van der Waals surface area contributed by atoms with E-state index in [9.17, 15) is 9.59 Å². The van der Waals surface area contributed by atoms with Crippen LogP contribution in [0.1, 0.15) is 52.1 Å². The zero-order chi connectivity index (χ0) is 22.5. The molecule has 32 heavy (non-hydrogen) atoms. The van der Waals surface area contributed by atoms with Gasteiger partial charge in [-0.3, -0.25) is 19.8 Å². The third-order valence-electron chi connectivity index (χ3n) is 5.32. The van der Waals surface area contributed by atoms with Gasteiger partial charge in [0.05, 0.1) is 12.2 Å². The summed E-state index contributed by atoms with van der Waals surface area (Å²) in [4.78, 5) is 32.5. The van der Waals surface area contributed by atoms with Gasteiger partial charge in [-0.05, 0) is 37.5 Å². The topological polar surface area (TPSA) is 100 Å². The van der Waals surface area contributed by atoms with E-state index < -0.39 is 0 Å². The fourth-order valence-electron chi connectivity index (χ4n) is 3.61. The van der Waals surface area contributed by atoms with Crippen LogP contribution >= 0.6 is 11.3 Å². The number of benzene rings is 1. The monoisotopic (exact) mass is 453 g/mol. The van der Waals surface area contributed by atoms with Gasteiger partial charge in [0.25, 0.3) is 5.91 Å². The normalized spacial score (nSPS) is 13.6. The Balaban J connectivity index is 1.29. The van der Waals surface area contributed by atoms with Crippen LogP contribution in [-0.4, -0.2) is 39.9 Å². The minimum atomic E-state index is -0.343. The zero-order valence-corrected chi connectivity index (χ0v) is 19.1. The van der Waals surface area contributed by atoms with Crippen molar-refractivity contribution in [3.63, 3.8) is 0 Å². The highest BCUT2D eigenvalue weighted by atomic mass is 32.1. The molecule has 4 rings (SSSR count). The van der Waals surface area contributed by atoms with E-state index in [1.165, 1.54) is 29.7 Å². The molecule has 0 saturated carbocycles. The van der Waals surface area contributed by atoms with Crippen LogP contribution in [0.25, 0.3) is 0 Å². The van der Waals surface area contributed by atoms with Gasteiger partial charge < -0.3 is 9.84 Å². The molecule has 2 amide bonds. The zero-order valence-electron chi connectivity index (χ0n) is 18.3. The van der Waals surface area contributed by atoms with Gasteiger partial charge in [-0.2, -0.15) is 0 Å². The highest BCUT2D eigenvalue weighted by Crippen LogP contribution is 2.28. The van der Waals surface area contributed by atoms with Crippen LogP contribution in [0.2, 0.25) is 0 Å². The van der Waals surface area contributed by atoms with E-state index in [4.69, 9.17) is 4.52 Å². The van der Waals surface area contributed by atoms with Gasteiger partial charge in [0.1, 0.15) is 5.76 Å². The first-order chi connectivity index (χ1) is 15.5. The van der Waals surface area contributed by atoms with Crippen molar-refractivity contribution in [3.8, 4) is 0 Å². The molecule has 0 bridgehead atoms. The average Bonchev–Trinajstić information content (AvgIpc) is 3.38. The molecular formula is C23H27N5O3S. The summed E-state index contributed by atoms with van der Waals surface area (Å²) in [6.07, 6.45) is 4.15. The molecule has 0 aliphatic carbocycles. The summed E-state index contributed by atoms with van der Waals surface area (Å²) in [7, 11) is 0. The number of nitrogens with zero attached hydrogens (tertiary/aromatic N) is 3. The Morgan fingerprint density at radius 3 is 2.75 bits per heavy atom. The molecule has 1 aliphatic heterocycles. The third kappa shape index (κ3) is 5.60. The molecule has 3 heterocycles. The summed E-state index contributed by atoms with van der Waals surface area (Å²) >= 11 is 1.43. The third-order valence-corrected chi connectivity index (χ3v) is 6.31. The quantitative estimate of drug-likeness (QED) is 0.534. The maximum atomic E-state index is 12.5. The number of unbranched alkanes of at least 4 members (excludes halogenated alkanes) is 1. The van der Waals surface area contributed by atoms with Gasteiger partial charge in [-0.25, -0.2) is 4.98 Å². The molecule has 9 heteroatoms. The van der Waals surface area contributed by atoms with Crippen molar-refractivity contribution < 1.29 is 14.1 Å². The van der Waals surface area contributed by atoms with Crippen LogP contribution in [0, 0.1) is 6.92 Å². The van der Waals surface area contributed by atoms with E-state index in [-0.39, 0.29) is 17.5 Å². The first kappa shape index (κ1) is 22.2. The lowest BCUT2D eigenvalue weighted by molar-refractivity contribution is -0.117. The number of aromatic nitrogens is 2. The van der Waals surface area contributed by atoms with Crippen LogP contribution in [0.4, 0.5) is 10.8 Å². The summed E-state index contributed by atoms with van der Waals surface area (Å²) in [5.74, 6) is 0.203. The van der Waals surface area contributed by atoms with Gasteiger partial charge in [0.15, 0.2) is 10.8 Å². The molecule has 0 atom stereocenters. The fraction of sp³-hybridized carbons (Fsp3) is 0.391. The standard InChI is InChI=1S/C23H27N5O3S/c1-3-4-5-16-6-8-17(9-7-16)24-21(29)14-28-11-10-18-20(13-28)32-23(25-18)26-22(30)19-12-15(2)31-27-19/h6-9,12H,3-5,10-11,13-14H2,1-2H3,(H,24,29)(H,25,26,30). The Morgan fingerprint density at radius 2 is 2.03 bits per heavy atom. The number of amides is 2. The van der Waals surface area contributed by atoms with Gasteiger partial charge >= 0.3 is 0 Å². The molecule has 0 unspecified atom stereocenters. The molecule has 1 aromatic carbocycles. The Bertz CT molecular complexity index is 1090. The van der Waals surface area contributed by atoms with Crippen LogP contribution in [0.5, 0.6) is 0 Å². The molecule has 3 aromatic rings. The molecular weight excluding hydrogens is 426 g/mol. The van der Waals surface area contributed by atoms with Crippen LogP contribution < -0.4 is 10.6 Å². The number of fused-ring (bicyclic) bond motifs is 1. The van der Waals surface area contributed by atoms with Gasteiger partial charge in [-0.15, -0.1) is 11.3 Å². The number of hydrogen-bond donors (Lipinski definition) is 2. The number of aryl methyl sites for hydroxylation is 2. The lowest BCUT2D eigenvalue weighted by Gasteiger charge is -2.25. The van der Waals surface area contributed by atoms with Crippen molar-refractivity contribution in [3.05, 3.63) is 57.9 Å². The van der Waals surface area contributed by atoms with E-state index >= 15 is 0 Å². The van der Waals surface area contributed by atoms with Crippen LogP contribution in [-0.2, 0) is 24.2 Å². The molecule has 168 valence electrons. The number of rotatable bonds is 8. The molecule has 1 aliphatic rings. The summed E-state index contributed by atoms with van der Waals surface area (Å²) in [5.41, 5.74) is 3.31. The van der Waals surface area contributed by atoms with Crippen molar-refractivity contribution in [2.24, 2.45) is 0 Å². The van der Waals surface area contributed by atoms with Gasteiger partial charge in [0, 0.05) is 36.1 Å². The highest BCUT2D eigenvalue weighted by molar-refractivity contribution is 7.15. The maximum Gasteiger partial charge on any atom is 0.279 e. The number of nitrogens with one attached hydrogen (secondary N) is 2. The Kier molecular flexibility index (Phi) is 6.96. The predicted octanol–water partition coefficient (Wildman–Crippen LogP) is 4.03. The van der Waals surface area contributed by atoms with Crippen molar-refractivity contribution in [2.45, 2.75) is 46.1 Å². The molecule has 0 saturated heterocycles. The maximum absolute atomic E-state index is 12.5. The second-order valence-corrected chi connectivity index (χ2v) is 9.06. The van der Waals surface area contributed by atoms with Crippen LogP contribution in [0.3, 0.4) is 0 Å². The number of hydrogen-bond acceptors (Lipinski definition) is 7. The van der Waals surface area contributed by atoms with Crippen molar-refractivity contribution in [2.75, 3.05) is 23.7 Å². The molecule has 8 nitrogen and oxygen atoms in total. The summed E-state index contributed by atoms with van der Waals surface area (Å²) < 4.78 is 4.95. The van der Waals surface area contributed by atoms with E-state index in [2.05, 4.69) is 44.7 Å². The Morgan fingerprint density at radius 1 is 1.22 bits per heavy atom. The summed E-state index contributed by atoms with van der Waals surface area (Å²) in [5, 5.41) is 10.0. The molecule has 0 radical (unpaired) electrons. The number of carbonyl (C=O) groups excluding carboxylic acids is 2. The summed E-state index contributed by atoms with van der Waals surface area (Å²) in [6.45, 7) is 5.61. The van der Waals surface area contributed by atoms with E-state index in [0.717, 1.165) is 35.6 Å². The lowest BCUT2D eigenvalue weighted by atomic mass is 10.1. The SMILES string of the molecule is CCCCc1ccc(NC(=O)CN2CCc3nc(NC(=O)c4cc(C)on4)sc3C2)cc1.